The van der Waals surface area contributed by atoms with Crippen molar-refractivity contribution in [2.24, 2.45) is 0 Å². The summed E-state index contributed by atoms with van der Waals surface area (Å²) in [6.07, 6.45) is 1.73. The molecule has 0 radical (unpaired) electrons. The summed E-state index contributed by atoms with van der Waals surface area (Å²) in [5.41, 5.74) is 2.56. The van der Waals surface area contributed by atoms with Crippen molar-refractivity contribution in [3.05, 3.63) is 95.6 Å². The zero-order chi connectivity index (χ0) is 19.8. The number of ether oxygens (including phenoxy) is 1. The Kier molecular flexibility index (Phi) is 6.57. The Morgan fingerprint density at radius 2 is 1.89 bits per heavy atom. The first kappa shape index (κ1) is 19.4. The van der Waals surface area contributed by atoms with Gasteiger partial charge < -0.3 is 15.0 Å². The molecule has 1 aromatic heterocycles. The van der Waals surface area contributed by atoms with Crippen LogP contribution in [0.4, 0.5) is 9.18 Å². The molecule has 0 unspecified atom stereocenters. The third kappa shape index (κ3) is 5.81. The summed E-state index contributed by atoms with van der Waals surface area (Å²) >= 11 is 0. The van der Waals surface area contributed by atoms with E-state index < -0.39 is 0 Å². The number of hydrogen-bond donors (Lipinski definition) is 1. The summed E-state index contributed by atoms with van der Waals surface area (Å²) in [6, 6.07) is 19.2. The van der Waals surface area contributed by atoms with E-state index in [1.807, 2.05) is 42.5 Å². The number of nitrogens with one attached hydrogen (secondary N) is 1. The number of halogens is 1. The van der Waals surface area contributed by atoms with Crippen LogP contribution in [0.25, 0.3) is 0 Å². The molecule has 2 amide bonds. The highest BCUT2D eigenvalue weighted by molar-refractivity contribution is 5.73. The second kappa shape index (κ2) is 9.50. The first-order chi connectivity index (χ1) is 13.6. The van der Waals surface area contributed by atoms with Crippen molar-refractivity contribution in [1.29, 1.82) is 0 Å². The third-order valence-electron chi connectivity index (χ3n) is 4.14. The molecule has 0 aliphatic carbocycles. The first-order valence-corrected chi connectivity index (χ1v) is 8.95. The van der Waals surface area contributed by atoms with Crippen LogP contribution in [-0.2, 0) is 19.7 Å². The summed E-state index contributed by atoms with van der Waals surface area (Å²) in [7, 11) is 1.68. The maximum absolute atomic E-state index is 13.2. The number of pyridine rings is 1. The number of benzene rings is 2. The number of hydrogen-bond acceptors (Lipinski definition) is 3. The highest BCUT2D eigenvalue weighted by Gasteiger charge is 2.09. The van der Waals surface area contributed by atoms with Crippen LogP contribution < -0.4 is 10.1 Å². The van der Waals surface area contributed by atoms with Crippen LogP contribution in [0.3, 0.4) is 0 Å². The summed E-state index contributed by atoms with van der Waals surface area (Å²) in [5.74, 6) is 0.431. The molecule has 0 bridgehead atoms. The Balaban J connectivity index is 1.45. The Hall–Kier alpha value is -3.41. The second-order valence-electron chi connectivity index (χ2n) is 6.40. The molecule has 1 N–H and O–H groups in total. The lowest BCUT2D eigenvalue weighted by Crippen LogP contribution is -2.36. The lowest BCUT2D eigenvalue weighted by molar-refractivity contribution is 0.206. The highest BCUT2D eigenvalue weighted by atomic mass is 19.1. The minimum atomic E-state index is -0.309. The van der Waals surface area contributed by atoms with E-state index in [2.05, 4.69) is 10.3 Å². The highest BCUT2D eigenvalue weighted by Crippen LogP contribution is 2.14. The Morgan fingerprint density at radius 1 is 1.07 bits per heavy atom. The van der Waals surface area contributed by atoms with Gasteiger partial charge in [-0.05, 0) is 47.5 Å². The number of amides is 2. The number of carbonyl (C=O) groups is 1. The van der Waals surface area contributed by atoms with Crippen molar-refractivity contribution >= 4 is 6.03 Å². The van der Waals surface area contributed by atoms with Crippen LogP contribution in [0, 0.1) is 5.82 Å². The molecule has 6 heteroatoms. The molecule has 0 atom stereocenters. The van der Waals surface area contributed by atoms with E-state index in [1.165, 1.54) is 17.0 Å². The summed E-state index contributed by atoms with van der Waals surface area (Å²) in [6.45, 7) is 1.14. The molecule has 2 aromatic carbocycles. The van der Waals surface area contributed by atoms with Gasteiger partial charge in [-0.2, -0.15) is 0 Å². The quantitative estimate of drug-likeness (QED) is 0.671. The fourth-order valence-corrected chi connectivity index (χ4v) is 2.64. The van der Waals surface area contributed by atoms with E-state index in [1.54, 1.807) is 25.4 Å². The van der Waals surface area contributed by atoms with Crippen LogP contribution in [0.15, 0.2) is 72.9 Å². The van der Waals surface area contributed by atoms with Crippen molar-refractivity contribution in [2.75, 3.05) is 7.05 Å². The van der Waals surface area contributed by atoms with Gasteiger partial charge in [0.25, 0.3) is 0 Å². The van der Waals surface area contributed by atoms with Crippen LogP contribution in [0.2, 0.25) is 0 Å². The maximum Gasteiger partial charge on any atom is 0.317 e. The molecule has 3 aromatic rings. The first-order valence-electron chi connectivity index (χ1n) is 8.95. The molecule has 0 fully saturated rings. The van der Waals surface area contributed by atoms with Gasteiger partial charge in [-0.1, -0.05) is 30.3 Å². The van der Waals surface area contributed by atoms with Gasteiger partial charge in [0.05, 0.1) is 5.69 Å². The number of rotatable bonds is 7. The molecule has 144 valence electrons. The number of nitrogens with zero attached hydrogens (tertiary/aromatic N) is 2. The van der Waals surface area contributed by atoms with E-state index in [0.717, 1.165) is 22.6 Å². The van der Waals surface area contributed by atoms with Gasteiger partial charge in [0, 0.05) is 26.3 Å². The van der Waals surface area contributed by atoms with Crippen molar-refractivity contribution in [2.45, 2.75) is 19.7 Å². The van der Waals surface area contributed by atoms with E-state index in [0.29, 0.717) is 19.7 Å². The number of urea groups is 1. The third-order valence-corrected chi connectivity index (χ3v) is 4.14. The zero-order valence-electron chi connectivity index (χ0n) is 15.6. The van der Waals surface area contributed by atoms with Gasteiger partial charge in [0.2, 0.25) is 0 Å². The molecule has 0 aliphatic rings. The normalized spacial score (nSPS) is 10.4. The van der Waals surface area contributed by atoms with Gasteiger partial charge in [0.1, 0.15) is 18.2 Å². The monoisotopic (exact) mass is 379 g/mol. The lowest BCUT2D eigenvalue weighted by Gasteiger charge is -2.18. The molecule has 0 saturated heterocycles. The van der Waals surface area contributed by atoms with Gasteiger partial charge >= 0.3 is 6.03 Å². The molecule has 1 heterocycles. The van der Waals surface area contributed by atoms with Gasteiger partial charge in [-0.3, -0.25) is 4.98 Å². The predicted octanol–water partition coefficient (Wildman–Crippen LogP) is 4.14. The molecule has 28 heavy (non-hydrogen) atoms. The molecule has 3 rings (SSSR count). The number of carbonyl (C=O) groups excluding carboxylic acids is 1. The molecular weight excluding hydrogens is 357 g/mol. The van der Waals surface area contributed by atoms with Crippen LogP contribution in [0.5, 0.6) is 5.75 Å². The Morgan fingerprint density at radius 3 is 2.61 bits per heavy atom. The summed E-state index contributed by atoms with van der Waals surface area (Å²) in [4.78, 5) is 17.9. The number of aromatic nitrogens is 1. The van der Waals surface area contributed by atoms with E-state index in [9.17, 15) is 9.18 Å². The van der Waals surface area contributed by atoms with Gasteiger partial charge in [-0.15, -0.1) is 0 Å². The van der Waals surface area contributed by atoms with Gasteiger partial charge in [-0.25, -0.2) is 9.18 Å². The van der Waals surface area contributed by atoms with E-state index >= 15 is 0 Å². The minimum absolute atomic E-state index is 0.222. The zero-order valence-corrected chi connectivity index (χ0v) is 15.6. The Bertz CT molecular complexity index is 901. The van der Waals surface area contributed by atoms with Crippen molar-refractivity contribution in [3.63, 3.8) is 0 Å². The van der Waals surface area contributed by atoms with E-state index in [-0.39, 0.29) is 11.8 Å². The van der Waals surface area contributed by atoms with Crippen molar-refractivity contribution in [3.8, 4) is 5.75 Å². The molecule has 0 spiro atoms. The molecule has 5 nitrogen and oxygen atoms in total. The topological polar surface area (TPSA) is 54.5 Å². The van der Waals surface area contributed by atoms with E-state index in [4.69, 9.17) is 4.74 Å². The van der Waals surface area contributed by atoms with Crippen LogP contribution in [0.1, 0.15) is 16.8 Å². The standard InChI is InChI=1S/C22H22FN3O2/c1-26(15-18-5-4-6-19(23)13-18)22(27)25-14-17-8-10-21(11-9-17)28-16-20-7-2-3-12-24-20/h2-13H,14-16H2,1H3,(H,25,27). The van der Waals surface area contributed by atoms with Crippen LogP contribution >= 0.6 is 0 Å². The van der Waals surface area contributed by atoms with Crippen molar-refractivity contribution < 1.29 is 13.9 Å². The summed E-state index contributed by atoms with van der Waals surface area (Å²) in [5, 5.41) is 2.85. The average Bonchev–Trinajstić information content (AvgIpc) is 2.72. The van der Waals surface area contributed by atoms with Crippen molar-refractivity contribution in [1.82, 2.24) is 15.2 Å². The largest absolute Gasteiger partial charge is 0.487 e. The molecule has 0 saturated carbocycles. The average molecular weight is 379 g/mol. The smallest absolute Gasteiger partial charge is 0.317 e. The SMILES string of the molecule is CN(Cc1cccc(F)c1)C(=O)NCc1ccc(OCc2ccccn2)cc1. The fraction of sp³-hybridized carbons (Fsp3) is 0.182. The second-order valence-corrected chi connectivity index (χ2v) is 6.40. The summed E-state index contributed by atoms with van der Waals surface area (Å²) < 4.78 is 18.9. The van der Waals surface area contributed by atoms with Crippen LogP contribution in [-0.4, -0.2) is 23.0 Å². The maximum atomic E-state index is 13.2. The van der Waals surface area contributed by atoms with Gasteiger partial charge in [0.15, 0.2) is 0 Å². The lowest BCUT2D eigenvalue weighted by atomic mass is 10.2. The fourth-order valence-electron chi connectivity index (χ4n) is 2.64. The molecular formula is C22H22FN3O2. The predicted molar refractivity (Wildman–Crippen MR) is 105 cm³/mol. The molecule has 0 aliphatic heterocycles. The minimum Gasteiger partial charge on any atom is -0.487 e. The Labute approximate surface area is 163 Å².